The van der Waals surface area contributed by atoms with Crippen molar-refractivity contribution in [1.29, 1.82) is 0 Å². The van der Waals surface area contributed by atoms with Crippen molar-refractivity contribution in [3.05, 3.63) is 51.0 Å². The van der Waals surface area contributed by atoms with Crippen molar-refractivity contribution in [1.82, 2.24) is 15.2 Å². The standard InChI is InChI=1S/C12H13BrClFN4/c1-2-19-12(7(13)6-17-19)11(18-16)10-8(14)4-3-5-9(10)15/h3-6,11,18H,2,16H2,1H3. The summed E-state index contributed by atoms with van der Waals surface area (Å²) in [5, 5.41) is 4.51. The number of hydrazine groups is 1. The zero-order valence-electron chi connectivity index (χ0n) is 10.2. The lowest BCUT2D eigenvalue weighted by atomic mass is 10.0. The number of nitrogens with two attached hydrogens (primary N) is 1. The van der Waals surface area contributed by atoms with Gasteiger partial charge in [0.05, 0.1) is 22.4 Å². The Hall–Kier alpha value is -0.950. The van der Waals surface area contributed by atoms with Crippen LogP contribution in [0, 0.1) is 5.82 Å². The van der Waals surface area contributed by atoms with Gasteiger partial charge in [-0.3, -0.25) is 10.5 Å². The second kappa shape index (κ2) is 6.00. The molecule has 3 N–H and O–H groups in total. The third-order valence-electron chi connectivity index (χ3n) is 2.86. The predicted molar refractivity (Wildman–Crippen MR) is 76.2 cm³/mol. The first kappa shape index (κ1) is 14.5. The van der Waals surface area contributed by atoms with Crippen LogP contribution >= 0.6 is 27.5 Å². The maximum Gasteiger partial charge on any atom is 0.129 e. The highest BCUT2D eigenvalue weighted by atomic mass is 79.9. The lowest BCUT2D eigenvalue weighted by Gasteiger charge is -2.20. The first-order chi connectivity index (χ1) is 9.10. The molecule has 0 amide bonds. The van der Waals surface area contributed by atoms with Crippen molar-refractivity contribution in [2.45, 2.75) is 19.5 Å². The highest BCUT2D eigenvalue weighted by Crippen LogP contribution is 2.33. The molecule has 0 saturated heterocycles. The van der Waals surface area contributed by atoms with Crippen LogP contribution in [0.2, 0.25) is 5.02 Å². The Morgan fingerprint density at radius 2 is 2.32 bits per heavy atom. The fraction of sp³-hybridized carbons (Fsp3) is 0.250. The zero-order chi connectivity index (χ0) is 14.0. The van der Waals surface area contributed by atoms with Gasteiger partial charge in [0.25, 0.3) is 0 Å². The van der Waals surface area contributed by atoms with Crippen molar-refractivity contribution < 1.29 is 4.39 Å². The first-order valence-electron chi connectivity index (χ1n) is 5.71. The molecule has 4 nitrogen and oxygen atoms in total. The third kappa shape index (κ3) is 2.67. The number of aromatic nitrogens is 2. The maximum atomic E-state index is 14.0. The van der Waals surface area contributed by atoms with Crippen molar-refractivity contribution in [2.24, 2.45) is 5.84 Å². The largest absolute Gasteiger partial charge is 0.271 e. The van der Waals surface area contributed by atoms with Gasteiger partial charge in [0.15, 0.2) is 0 Å². The minimum atomic E-state index is -0.578. The summed E-state index contributed by atoms with van der Waals surface area (Å²) < 4.78 is 16.5. The monoisotopic (exact) mass is 346 g/mol. The summed E-state index contributed by atoms with van der Waals surface area (Å²) in [5.41, 5.74) is 3.64. The Kier molecular flexibility index (Phi) is 4.57. The van der Waals surface area contributed by atoms with Gasteiger partial charge in [-0.1, -0.05) is 17.7 Å². The van der Waals surface area contributed by atoms with E-state index < -0.39 is 11.9 Å². The highest BCUT2D eigenvalue weighted by molar-refractivity contribution is 9.10. The Bertz CT molecular complexity index is 567. The summed E-state index contributed by atoms with van der Waals surface area (Å²) in [6.07, 6.45) is 1.65. The fourth-order valence-electron chi connectivity index (χ4n) is 2.00. The van der Waals surface area contributed by atoms with E-state index in [2.05, 4.69) is 26.5 Å². The van der Waals surface area contributed by atoms with Crippen molar-refractivity contribution >= 4 is 27.5 Å². The Morgan fingerprint density at radius 3 is 2.89 bits per heavy atom. The summed E-state index contributed by atoms with van der Waals surface area (Å²) in [7, 11) is 0. The number of rotatable bonds is 4. The summed E-state index contributed by atoms with van der Waals surface area (Å²) in [5.74, 6) is 5.18. The summed E-state index contributed by atoms with van der Waals surface area (Å²) in [4.78, 5) is 0. The molecule has 0 aliphatic rings. The Morgan fingerprint density at radius 1 is 1.58 bits per heavy atom. The molecule has 1 aromatic carbocycles. The summed E-state index contributed by atoms with van der Waals surface area (Å²) in [6, 6.07) is 3.96. The second-order valence-electron chi connectivity index (χ2n) is 3.93. The van der Waals surface area contributed by atoms with Crippen LogP contribution in [0.25, 0.3) is 0 Å². The van der Waals surface area contributed by atoms with Crippen LogP contribution in [0.5, 0.6) is 0 Å². The number of nitrogens with zero attached hydrogens (tertiary/aromatic N) is 2. The van der Waals surface area contributed by atoms with Crippen LogP contribution < -0.4 is 11.3 Å². The molecule has 0 aliphatic heterocycles. The van der Waals surface area contributed by atoms with Crippen LogP contribution in [0.3, 0.4) is 0 Å². The minimum Gasteiger partial charge on any atom is -0.271 e. The molecule has 19 heavy (non-hydrogen) atoms. The zero-order valence-corrected chi connectivity index (χ0v) is 12.5. The van der Waals surface area contributed by atoms with Crippen molar-refractivity contribution in [3.8, 4) is 0 Å². The summed E-state index contributed by atoms with van der Waals surface area (Å²) >= 11 is 9.49. The molecular weight excluding hydrogens is 335 g/mol. The van der Waals surface area contributed by atoms with Crippen LogP contribution in [0.4, 0.5) is 4.39 Å². The molecule has 102 valence electrons. The number of hydrogen-bond acceptors (Lipinski definition) is 3. The predicted octanol–water partition coefficient (Wildman–Crippen LogP) is 3.01. The SMILES string of the molecule is CCn1ncc(Br)c1C(NN)c1c(F)cccc1Cl. The number of nitrogens with one attached hydrogen (secondary N) is 1. The van der Waals surface area contributed by atoms with E-state index in [9.17, 15) is 4.39 Å². The first-order valence-corrected chi connectivity index (χ1v) is 6.88. The molecule has 1 unspecified atom stereocenters. The van der Waals surface area contributed by atoms with E-state index >= 15 is 0 Å². The molecule has 1 aromatic heterocycles. The quantitative estimate of drug-likeness (QED) is 0.660. The van der Waals surface area contributed by atoms with E-state index in [0.29, 0.717) is 17.1 Å². The molecule has 1 atom stereocenters. The molecule has 0 radical (unpaired) electrons. The van der Waals surface area contributed by atoms with Gasteiger partial charge in [-0.05, 0) is 35.0 Å². The van der Waals surface area contributed by atoms with Crippen molar-refractivity contribution in [3.63, 3.8) is 0 Å². The van der Waals surface area contributed by atoms with Crippen LogP contribution in [0.1, 0.15) is 24.2 Å². The van der Waals surface area contributed by atoms with Gasteiger partial charge in [-0.15, -0.1) is 0 Å². The summed E-state index contributed by atoms with van der Waals surface area (Å²) in [6.45, 7) is 2.59. The van der Waals surface area contributed by atoms with Crippen LogP contribution in [0.15, 0.2) is 28.9 Å². The molecular formula is C12H13BrClFN4. The van der Waals surface area contributed by atoms with E-state index in [4.69, 9.17) is 17.4 Å². The Balaban J connectivity index is 2.59. The molecule has 0 fully saturated rings. The number of aryl methyl sites for hydroxylation is 1. The lowest BCUT2D eigenvalue weighted by Crippen LogP contribution is -2.32. The van der Waals surface area contributed by atoms with Crippen LogP contribution in [-0.4, -0.2) is 9.78 Å². The van der Waals surface area contributed by atoms with Gasteiger partial charge in [-0.25, -0.2) is 9.82 Å². The van der Waals surface area contributed by atoms with Gasteiger partial charge in [0.2, 0.25) is 0 Å². The molecule has 0 aliphatic carbocycles. The molecule has 2 rings (SSSR count). The van der Waals surface area contributed by atoms with Gasteiger partial charge < -0.3 is 0 Å². The fourth-order valence-corrected chi connectivity index (χ4v) is 2.79. The second-order valence-corrected chi connectivity index (χ2v) is 5.19. The van der Waals surface area contributed by atoms with Gasteiger partial charge in [0, 0.05) is 17.1 Å². The van der Waals surface area contributed by atoms with Crippen LogP contribution in [-0.2, 0) is 6.54 Å². The molecule has 0 spiro atoms. The highest BCUT2D eigenvalue weighted by Gasteiger charge is 2.25. The molecule has 2 aromatic rings. The molecule has 7 heteroatoms. The van der Waals surface area contributed by atoms with E-state index in [1.807, 2.05) is 6.92 Å². The van der Waals surface area contributed by atoms with Gasteiger partial charge in [-0.2, -0.15) is 5.10 Å². The minimum absolute atomic E-state index is 0.308. The van der Waals surface area contributed by atoms with Crippen molar-refractivity contribution in [2.75, 3.05) is 0 Å². The van der Waals surface area contributed by atoms with E-state index in [1.165, 1.54) is 6.07 Å². The third-order valence-corrected chi connectivity index (χ3v) is 3.80. The number of halogens is 3. The smallest absolute Gasteiger partial charge is 0.129 e. The normalized spacial score (nSPS) is 12.7. The maximum absolute atomic E-state index is 14.0. The number of hydrogen-bond donors (Lipinski definition) is 2. The number of benzene rings is 1. The lowest BCUT2D eigenvalue weighted by molar-refractivity contribution is 0.515. The average Bonchev–Trinajstić information content (AvgIpc) is 2.75. The van der Waals surface area contributed by atoms with Gasteiger partial charge >= 0.3 is 0 Å². The molecule has 0 saturated carbocycles. The van der Waals surface area contributed by atoms with E-state index in [-0.39, 0.29) is 0 Å². The van der Waals surface area contributed by atoms with Gasteiger partial charge in [0.1, 0.15) is 5.82 Å². The van der Waals surface area contributed by atoms with E-state index in [0.717, 1.165) is 10.2 Å². The molecule has 1 heterocycles. The Labute approximate surface area is 123 Å². The molecule has 0 bridgehead atoms. The topological polar surface area (TPSA) is 55.9 Å². The van der Waals surface area contributed by atoms with E-state index in [1.54, 1.807) is 23.0 Å². The average molecular weight is 348 g/mol.